The number of carbonyl (C=O) groups is 1. The van der Waals surface area contributed by atoms with Gasteiger partial charge >= 0.3 is 6.03 Å². The van der Waals surface area contributed by atoms with Gasteiger partial charge in [-0.25, -0.2) is 18.9 Å². The third-order valence-electron chi connectivity index (χ3n) is 4.84. The summed E-state index contributed by atoms with van der Waals surface area (Å²) in [6.07, 6.45) is 8.18. The van der Waals surface area contributed by atoms with E-state index >= 15 is 0 Å². The van der Waals surface area contributed by atoms with Gasteiger partial charge in [0.15, 0.2) is 5.65 Å². The van der Waals surface area contributed by atoms with Crippen molar-refractivity contribution in [2.24, 2.45) is 4.99 Å². The van der Waals surface area contributed by atoms with Crippen LogP contribution in [0.2, 0.25) is 5.02 Å². The second kappa shape index (κ2) is 8.69. The van der Waals surface area contributed by atoms with E-state index in [4.69, 9.17) is 11.6 Å². The summed E-state index contributed by atoms with van der Waals surface area (Å²) in [6.45, 7) is 5.75. The number of amides is 2. The van der Waals surface area contributed by atoms with Gasteiger partial charge in [-0.3, -0.25) is 4.99 Å². The molecule has 2 amide bonds. The van der Waals surface area contributed by atoms with Gasteiger partial charge in [-0.15, -0.1) is 5.10 Å². The van der Waals surface area contributed by atoms with Crippen LogP contribution in [-0.4, -0.2) is 51.7 Å². The fraction of sp³-hybridized carbons (Fsp3) is 0.182. The van der Waals surface area contributed by atoms with E-state index in [1.165, 1.54) is 4.90 Å². The number of hydrogen-bond donors (Lipinski definition) is 1. The molecule has 0 bridgehead atoms. The lowest BCUT2D eigenvalue weighted by molar-refractivity contribution is 0.0974. The van der Waals surface area contributed by atoms with Gasteiger partial charge in [-0.1, -0.05) is 23.8 Å². The fourth-order valence-electron chi connectivity index (χ4n) is 3.17. The molecule has 0 radical (unpaired) electrons. The predicted molar refractivity (Wildman–Crippen MR) is 122 cm³/mol. The minimum absolute atomic E-state index is 0.106. The van der Waals surface area contributed by atoms with Gasteiger partial charge in [0.2, 0.25) is 0 Å². The molecule has 1 aliphatic rings. The molecule has 1 saturated heterocycles. The van der Waals surface area contributed by atoms with Crippen LogP contribution in [-0.2, 0) is 0 Å². The molecule has 0 atom stereocenters. The van der Waals surface area contributed by atoms with E-state index < -0.39 is 6.17 Å². The molecular weight excluding hydrogens is 419 g/mol. The highest BCUT2D eigenvalue weighted by Crippen LogP contribution is 2.27. The molecular formula is C22H20ClFN6O. The highest BCUT2D eigenvalue weighted by atomic mass is 35.5. The standard InChI is InChI=1S/C22H20ClFN6O/c1-3-4-5-19(25-2)14-8-15-11-30(28-21(15)26-10-14)20-9-17(6-7-18(20)23)27-22(31)29-12-16(24)13-29/h3-11,16H,2,12-13H2,1H3,(H,27,31)/b4-3-,19-5-. The molecule has 158 valence electrons. The zero-order valence-electron chi connectivity index (χ0n) is 16.8. The summed E-state index contributed by atoms with van der Waals surface area (Å²) in [5.74, 6) is 0. The van der Waals surface area contributed by atoms with Gasteiger partial charge in [0.05, 0.1) is 29.5 Å². The lowest BCUT2D eigenvalue weighted by atomic mass is 10.2. The lowest BCUT2D eigenvalue weighted by Crippen LogP contribution is -2.53. The zero-order chi connectivity index (χ0) is 22.0. The van der Waals surface area contributed by atoms with Crippen molar-refractivity contribution in [3.05, 3.63) is 65.5 Å². The van der Waals surface area contributed by atoms with E-state index in [-0.39, 0.29) is 19.1 Å². The molecule has 2 aromatic heterocycles. The molecule has 0 aliphatic carbocycles. The number of urea groups is 1. The largest absolute Gasteiger partial charge is 0.322 e. The topological polar surface area (TPSA) is 75.4 Å². The van der Waals surface area contributed by atoms with E-state index in [1.807, 2.05) is 31.2 Å². The summed E-state index contributed by atoms with van der Waals surface area (Å²) in [7, 11) is 0. The Morgan fingerprint density at radius 3 is 2.90 bits per heavy atom. The summed E-state index contributed by atoms with van der Waals surface area (Å²) in [5.41, 5.74) is 3.17. The molecule has 0 spiro atoms. The Hall–Kier alpha value is -3.52. The van der Waals surface area contributed by atoms with Crippen LogP contribution in [0.5, 0.6) is 0 Å². The van der Waals surface area contributed by atoms with Gasteiger partial charge in [-0.05, 0) is 44.0 Å². The maximum atomic E-state index is 13.0. The van der Waals surface area contributed by atoms with Crippen molar-refractivity contribution in [3.63, 3.8) is 0 Å². The molecule has 0 unspecified atom stereocenters. The molecule has 1 fully saturated rings. The van der Waals surface area contributed by atoms with Crippen LogP contribution in [0.3, 0.4) is 0 Å². The number of rotatable bonds is 5. The van der Waals surface area contributed by atoms with E-state index in [1.54, 1.807) is 35.3 Å². The molecule has 7 nitrogen and oxygen atoms in total. The Morgan fingerprint density at radius 2 is 2.19 bits per heavy atom. The van der Waals surface area contributed by atoms with Crippen LogP contribution in [0, 0.1) is 0 Å². The highest BCUT2D eigenvalue weighted by molar-refractivity contribution is 6.32. The normalized spacial score (nSPS) is 14.8. The number of carbonyl (C=O) groups excluding carboxylic acids is 1. The molecule has 1 N–H and O–H groups in total. The number of allylic oxidation sites excluding steroid dienone is 3. The Morgan fingerprint density at radius 1 is 1.39 bits per heavy atom. The third-order valence-corrected chi connectivity index (χ3v) is 5.16. The fourth-order valence-corrected chi connectivity index (χ4v) is 3.37. The number of likely N-dealkylation sites (tertiary alicyclic amines) is 1. The highest BCUT2D eigenvalue weighted by Gasteiger charge is 2.30. The summed E-state index contributed by atoms with van der Waals surface area (Å²) in [6, 6.07) is 6.64. The summed E-state index contributed by atoms with van der Waals surface area (Å²) in [5, 5.41) is 8.51. The molecule has 31 heavy (non-hydrogen) atoms. The number of anilines is 1. The zero-order valence-corrected chi connectivity index (χ0v) is 17.6. The average Bonchev–Trinajstić information content (AvgIpc) is 3.16. The maximum Gasteiger partial charge on any atom is 0.322 e. The maximum absolute atomic E-state index is 13.0. The number of alkyl halides is 1. The third kappa shape index (κ3) is 4.34. The smallest absolute Gasteiger partial charge is 0.319 e. The number of aliphatic imine (C=N–C) groups is 1. The average molecular weight is 439 g/mol. The molecule has 0 saturated carbocycles. The first-order valence-electron chi connectivity index (χ1n) is 9.64. The Balaban J connectivity index is 1.63. The van der Waals surface area contributed by atoms with Crippen LogP contribution >= 0.6 is 11.6 Å². The first kappa shape index (κ1) is 20.7. The number of halogens is 2. The van der Waals surface area contributed by atoms with Gasteiger partial charge in [-0.2, -0.15) is 0 Å². The van der Waals surface area contributed by atoms with Gasteiger partial charge in [0, 0.05) is 29.0 Å². The number of fused-ring (bicyclic) bond motifs is 1. The summed E-state index contributed by atoms with van der Waals surface area (Å²) >= 11 is 6.38. The minimum Gasteiger partial charge on any atom is -0.319 e. The van der Waals surface area contributed by atoms with Crippen molar-refractivity contribution in [1.29, 1.82) is 0 Å². The van der Waals surface area contributed by atoms with Crippen molar-refractivity contribution in [2.45, 2.75) is 13.1 Å². The Kier molecular flexibility index (Phi) is 5.81. The first-order valence-corrected chi connectivity index (χ1v) is 10.0. The van der Waals surface area contributed by atoms with Crippen LogP contribution < -0.4 is 5.32 Å². The molecule has 3 aromatic rings. The molecule has 1 aliphatic heterocycles. The number of nitrogens with zero attached hydrogens (tertiary/aromatic N) is 5. The first-order chi connectivity index (χ1) is 15.0. The van der Waals surface area contributed by atoms with Gasteiger partial charge < -0.3 is 10.2 Å². The van der Waals surface area contributed by atoms with Crippen molar-refractivity contribution < 1.29 is 9.18 Å². The van der Waals surface area contributed by atoms with E-state index in [9.17, 15) is 9.18 Å². The predicted octanol–water partition coefficient (Wildman–Crippen LogP) is 4.88. The number of nitrogens with one attached hydrogen (secondary N) is 1. The van der Waals surface area contributed by atoms with Gasteiger partial charge in [0.1, 0.15) is 6.17 Å². The van der Waals surface area contributed by atoms with Crippen LogP contribution in [0.4, 0.5) is 14.9 Å². The second-order valence-electron chi connectivity index (χ2n) is 7.04. The van der Waals surface area contributed by atoms with E-state index in [2.05, 4.69) is 27.1 Å². The van der Waals surface area contributed by atoms with Crippen LogP contribution in [0.1, 0.15) is 12.5 Å². The quantitative estimate of drug-likeness (QED) is 0.455. The van der Waals surface area contributed by atoms with Crippen LogP contribution in [0.15, 0.2) is 59.9 Å². The molecule has 3 heterocycles. The van der Waals surface area contributed by atoms with Crippen molar-refractivity contribution in [1.82, 2.24) is 19.7 Å². The van der Waals surface area contributed by atoms with Crippen molar-refractivity contribution in [2.75, 3.05) is 18.4 Å². The molecule has 4 rings (SSSR count). The molecule has 1 aromatic carbocycles. The number of pyridine rings is 1. The summed E-state index contributed by atoms with van der Waals surface area (Å²) < 4.78 is 14.6. The van der Waals surface area contributed by atoms with E-state index in [0.717, 1.165) is 10.9 Å². The minimum atomic E-state index is -0.954. The van der Waals surface area contributed by atoms with E-state index in [0.29, 0.717) is 27.7 Å². The van der Waals surface area contributed by atoms with Crippen molar-refractivity contribution in [3.8, 4) is 5.69 Å². The Bertz CT molecular complexity index is 1210. The van der Waals surface area contributed by atoms with Gasteiger partial charge in [0.25, 0.3) is 0 Å². The second-order valence-corrected chi connectivity index (χ2v) is 7.45. The Labute approximate surface area is 183 Å². The molecule has 9 heteroatoms. The van der Waals surface area contributed by atoms with Crippen LogP contribution in [0.25, 0.3) is 22.4 Å². The number of benzene rings is 1. The summed E-state index contributed by atoms with van der Waals surface area (Å²) in [4.78, 5) is 22.0. The number of aromatic nitrogens is 3. The SMILES string of the molecule is C=N/C(=C\C=C/C)c1cnc2nn(-c3cc(NC(=O)N4CC(F)C4)ccc3Cl)cc2c1. The lowest BCUT2D eigenvalue weighted by Gasteiger charge is -2.34. The monoisotopic (exact) mass is 438 g/mol. The van der Waals surface area contributed by atoms with Crippen molar-refractivity contribution >= 4 is 46.8 Å². The number of hydrogen-bond acceptors (Lipinski definition) is 4.